The van der Waals surface area contributed by atoms with Gasteiger partial charge in [0.1, 0.15) is 55.4 Å². The minimum absolute atomic E-state index is 0.152. The minimum atomic E-state index is -1.76. The lowest BCUT2D eigenvalue weighted by atomic mass is 9.98. The van der Waals surface area contributed by atoms with Crippen LogP contribution in [0.4, 0.5) is 0 Å². The van der Waals surface area contributed by atoms with Gasteiger partial charge in [0.15, 0.2) is 18.7 Å². The van der Waals surface area contributed by atoms with Crippen LogP contribution in [0.25, 0.3) is 0 Å². The van der Waals surface area contributed by atoms with Gasteiger partial charge in [0.2, 0.25) is 0 Å². The zero-order valence-corrected chi connectivity index (χ0v) is 41.4. The Bertz CT molecular complexity index is 1270. The molecular formula is C52H94O15. The fourth-order valence-corrected chi connectivity index (χ4v) is 8.31. The number of esters is 2. The van der Waals surface area contributed by atoms with Crippen LogP contribution >= 0.6 is 0 Å². The molecule has 2 fully saturated rings. The second-order valence-corrected chi connectivity index (χ2v) is 18.7. The van der Waals surface area contributed by atoms with Crippen LogP contribution in [0.3, 0.4) is 0 Å². The van der Waals surface area contributed by atoms with Gasteiger partial charge in [-0.15, -0.1) is 0 Å². The molecule has 0 radical (unpaired) electrons. The van der Waals surface area contributed by atoms with Crippen LogP contribution in [0.15, 0.2) is 24.3 Å². The number of hydrogen-bond acceptors (Lipinski definition) is 15. The first-order valence-electron chi connectivity index (χ1n) is 26.4. The summed E-state index contributed by atoms with van der Waals surface area (Å²) in [5.74, 6) is -0.933. The number of aliphatic hydroxyl groups excluding tert-OH is 7. The van der Waals surface area contributed by atoms with Crippen molar-refractivity contribution in [2.75, 3.05) is 26.4 Å². The third-order valence-corrected chi connectivity index (χ3v) is 12.7. The first-order chi connectivity index (χ1) is 32.5. The molecule has 7 N–H and O–H groups in total. The predicted octanol–water partition coefficient (Wildman–Crippen LogP) is 7.55. The Morgan fingerprint density at radius 1 is 0.478 bits per heavy atom. The highest BCUT2D eigenvalue weighted by Crippen LogP contribution is 2.26. The van der Waals surface area contributed by atoms with Crippen LogP contribution < -0.4 is 0 Å². The third-order valence-electron chi connectivity index (χ3n) is 12.7. The Labute approximate surface area is 403 Å². The Kier molecular flexibility index (Phi) is 36.2. The molecule has 0 bridgehead atoms. The lowest BCUT2D eigenvalue weighted by molar-refractivity contribution is -0.332. The molecule has 2 aliphatic heterocycles. The topological polar surface area (TPSA) is 231 Å². The van der Waals surface area contributed by atoms with Gasteiger partial charge in [0.25, 0.3) is 0 Å². The lowest BCUT2D eigenvalue weighted by Crippen LogP contribution is -2.61. The SMILES string of the molecule is CCCCC/C=C\C/C=C\CCCCCCCC(=O)OC(COC(=O)CCCCCCCCCCCCCCCCCC)COC1OC(COC2OC(CO)C(O)C(O)C2O)C(O)C(O)C1O. The first kappa shape index (κ1) is 61.1. The first-order valence-corrected chi connectivity index (χ1v) is 26.4. The highest BCUT2D eigenvalue weighted by molar-refractivity contribution is 5.70. The Morgan fingerprint density at radius 2 is 0.896 bits per heavy atom. The molecule has 0 aromatic carbocycles. The lowest BCUT2D eigenvalue weighted by Gasteiger charge is -2.42. The molecule has 15 heteroatoms. The summed E-state index contributed by atoms with van der Waals surface area (Å²) in [7, 11) is 0. The molecule has 2 saturated heterocycles. The summed E-state index contributed by atoms with van der Waals surface area (Å²) in [6.07, 6.45) is 23.4. The van der Waals surface area contributed by atoms with Crippen molar-refractivity contribution in [3.8, 4) is 0 Å². The van der Waals surface area contributed by atoms with Gasteiger partial charge in [-0.3, -0.25) is 9.59 Å². The van der Waals surface area contributed by atoms with Crippen LogP contribution in [0.2, 0.25) is 0 Å². The summed E-state index contributed by atoms with van der Waals surface area (Å²) in [4.78, 5) is 25.8. The van der Waals surface area contributed by atoms with E-state index in [1.165, 1.54) is 96.3 Å². The Morgan fingerprint density at radius 3 is 1.42 bits per heavy atom. The van der Waals surface area contributed by atoms with E-state index in [1.54, 1.807) is 0 Å². The number of unbranched alkanes of at least 4 members (excludes halogenated alkanes) is 23. The summed E-state index contributed by atoms with van der Waals surface area (Å²) in [5.41, 5.74) is 0. The van der Waals surface area contributed by atoms with Crippen LogP contribution in [0.5, 0.6) is 0 Å². The molecule has 0 aliphatic carbocycles. The number of ether oxygens (including phenoxy) is 6. The molecule has 11 unspecified atom stereocenters. The molecule has 0 aromatic rings. The molecule has 67 heavy (non-hydrogen) atoms. The van der Waals surface area contributed by atoms with E-state index in [2.05, 4.69) is 38.2 Å². The Balaban J connectivity index is 1.80. The van der Waals surface area contributed by atoms with Crippen molar-refractivity contribution < 1.29 is 73.8 Å². The number of aliphatic hydroxyl groups is 7. The summed E-state index contributed by atoms with van der Waals surface area (Å²) in [6.45, 7) is 2.57. The molecule has 0 aromatic heterocycles. The maximum Gasteiger partial charge on any atom is 0.306 e. The predicted molar refractivity (Wildman–Crippen MR) is 257 cm³/mol. The van der Waals surface area contributed by atoms with Gasteiger partial charge < -0.3 is 64.2 Å². The molecule has 15 nitrogen and oxygen atoms in total. The second kappa shape index (κ2) is 39.7. The summed E-state index contributed by atoms with van der Waals surface area (Å²) in [5, 5.41) is 72.1. The molecule has 2 rings (SSSR count). The van der Waals surface area contributed by atoms with Crippen molar-refractivity contribution in [1.29, 1.82) is 0 Å². The molecule has 392 valence electrons. The average molecular weight is 959 g/mol. The zero-order chi connectivity index (χ0) is 48.9. The van der Waals surface area contributed by atoms with E-state index in [-0.39, 0.29) is 26.1 Å². The van der Waals surface area contributed by atoms with E-state index >= 15 is 0 Å². The molecule has 2 aliphatic rings. The summed E-state index contributed by atoms with van der Waals surface area (Å²) >= 11 is 0. The number of carbonyl (C=O) groups is 2. The van der Waals surface area contributed by atoms with E-state index in [4.69, 9.17) is 28.4 Å². The van der Waals surface area contributed by atoms with E-state index in [0.29, 0.717) is 12.8 Å². The average Bonchev–Trinajstić information content (AvgIpc) is 3.32. The van der Waals surface area contributed by atoms with E-state index in [9.17, 15) is 45.3 Å². The van der Waals surface area contributed by atoms with E-state index in [1.807, 2.05) is 0 Å². The Hall–Kier alpha value is -2.02. The van der Waals surface area contributed by atoms with Crippen molar-refractivity contribution in [2.45, 2.75) is 268 Å². The molecular weight excluding hydrogens is 865 g/mol. The zero-order valence-electron chi connectivity index (χ0n) is 41.4. The molecule has 2 heterocycles. The van der Waals surface area contributed by atoms with Gasteiger partial charge in [-0.05, 0) is 44.9 Å². The fraction of sp³-hybridized carbons (Fsp3) is 0.885. The van der Waals surface area contributed by atoms with E-state index in [0.717, 1.165) is 64.2 Å². The third kappa shape index (κ3) is 27.8. The smallest absolute Gasteiger partial charge is 0.306 e. The molecule has 11 atom stereocenters. The molecule has 0 amide bonds. The van der Waals surface area contributed by atoms with Gasteiger partial charge in [-0.2, -0.15) is 0 Å². The second-order valence-electron chi connectivity index (χ2n) is 18.7. The highest BCUT2D eigenvalue weighted by Gasteiger charge is 2.47. The maximum atomic E-state index is 13.0. The van der Waals surface area contributed by atoms with Crippen molar-refractivity contribution in [3.05, 3.63) is 24.3 Å². The van der Waals surface area contributed by atoms with Crippen molar-refractivity contribution in [2.24, 2.45) is 0 Å². The largest absolute Gasteiger partial charge is 0.462 e. The number of allylic oxidation sites excluding steroid dienone is 4. The van der Waals surface area contributed by atoms with Crippen molar-refractivity contribution in [1.82, 2.24) is 0 Å². The van der Waals surface area contributed by atoms with Gasteiger partial charge in [0.05, 0.1) is 19.8 Å². The minimum Gasteiger partial charge on any atom is -0.462 e. The van der Waals surface area contributed by atoms with Crippen LogP contribution in [-0.4, -0.2) is 142 Å². The van der Waals surface area contributed by atoms with Gasteiger partial charge in [-0.25, -0.2) is 0 Å². The van der Waals surface area contributed by atoms with Gasteiger partial charge >= 0.3 is 11.9 Å². The standard InChI is InChI=1S/C52H94O15/c1-3-5-7-9-11-13-15-17-19-21-22-24-26-28-30-32-34-43(54)62-37-40(65-44(55)35-33-31-29-27-25-23-20-18-16-14-12-10-8-6-4-2)38-63-51-50(61)48(59)46(57)42(67-51)39-64-52-49(60)47(58)45(56)41(36-53)66-52/h12,14,18,20,40-42,45-53,56-61H,3-11,13,15-17,19,21-39H2,1-2H3/b14-12-,20-18-. The quantitative estimate of drug-likeness (QED) is 0.0178. The monoisotopic (exact) mass is 959 g/mol. The van der Waals surface area contributed by atoms with Crippen molar-refractivity contribution >= 4 is 11.9 Å². The highest BCUT2D eigenvalue weighted by atomic mass is 16.7. The number of carbonyl (C=O) groups excluding carboxylic acids is 2. The van der Waals surface area contributed by atoms with Gasteiger partial charge in [0, 0.05) is 12.8 Å². The normalized spacial score (nSPS) is 26.1. The van der Waals surface area contributed by atoms with Gasteiger partial charge in [-0.1, -0.05) is 167 Å². The van der Waals surface area contributed by atoms with Crippen molar-refractivity contribution in [3.63, 3.8) is 0 Å². The number of rotatable bonds is 41. The maximum absolute atomic E-state index is 13.0. The molecule has 0 saturated carbocycles. The number of hydrogen-bond donors (Lipinski definition) is 7. The van der Waals surface area contributed by atoms with E-state index < -0.39 is 92.7 Å². The van der Waals surface area contributed by atoms with Crippen LogP contribution in [0.1, 0.15) is 200 Å². The van der Waals surface area contributed by atoms with Crippen LogP contribution in [0, 0.1) is 0 Å². The summed E-state index contributed by atoms with van der Waals surface area (Å²) < 4.78 is 33.6. The fourth-order valence-electron chi connectivity index (χ4n) is 8.31. The summed E-state index contributed by atoms with van der Waals surface area (Å²) in [6, 6.07) is 0. The molecule has 0 spiro atoms. The van der Waals surface area contributed by atoms with Crippen LogP contribution in [-0.2, 0) is 38.0 Å².